The standard InChI is InChI=1S/C11H11Cl3F3NO/c12-7-4-9(14)10(5-8(7)13)18-2-1-3-19-6-11(15,16)17/h4-5,18H,1-3,6H2. The van der Waals surface area contributed by atoms with Crippen LogP contribution in [0, 0.1) is 0 Å². The first-order valence-corrected chi connectivity index (χ1v) is 6.46. The second kappa shape index (κ2) is 7.43. The zero-order valence-corrected chi connectivity index (χ0v) is 11.9. The van der Waals surface area contributed by atoms with E-state index in [1.165, 1.54) is 6.07 Å². The molecule has 1 aromatic rings. The zero-order chi connectivity index (χ0) is 14.5. The Bertz CT molecular complexity index is 426. The zero-order valence-electron chi connectivity index (χ0n) is 9.66. The lowest BCUT2D eigenvalue weighted by atomic mass is 10.3. The fourth-order valence-electron chi connectivity index (χ4n) is 1.24. The molecule has 0 aromatic heterocycles. The Balaban J connectivity index is 2.28. The summed E-state index contributed by atoms with van der Waals surface area (Å²) in [5.74, 6) is 0. The van der Waals surface area contributed by atoms with Gasteiger partial charge in [0.15, 0.2) is 0 Å². The van der Waals surface area contributed by atoms with Crippen LogP contribution in [0.3, 0.4) is 0 Å². The molecule has 0 fully saturated rings. The molecular formula is C11H11Cl3F3NO. The van der Waals surface area contributed by atoms with E-state index in [9.17, 15) is 13.2 Å². The van der Waals surface area contributed by atoms with E-state index >= 15 is 0 Å². The summed E-state index contributed by atoms with van der Waals surface area (Å²) in [4.78, 5) is 0. The Morgan fingerprint density at radius 1 is 1.05 bits per heavy atom. The molecule has 0 spiro atoms. The molecule has 0 unspecified atom stereocenters. The molecule has 2 nitrogen and oxygen atoms in total. The van der Waals surface area contributed by atoms with Crippen LogP contribution in [-0.2, 0) is 4.74 Å². The van der Waals surface area contributed by atoms with Crippen molar-refractivity contribution >= 4 is 40.5 Å². The largest absolute Gasteiger partial charge is 0.411 e. The van der Waals surface area contributed by atoms with Gasteiger partial charge in [-0.05, 0) is 18.6 Å². The minimum atomic E-state index is -4.29. The van der Waals surface area contributed by atoms with Crippen LogP contribution in [0.25, 0.3) is 0 Å². The number of ether oxygens (including phenoxy) is 1. The van der Waals surface area contributed by atoms with E-state index in [1.54, 1.807) is 6.07 Å². The van der Waals surface area contributed by atoms with Crippen molar-refractivity contribution in [2.75, 3.05) is 25.1 Å². The first kappa shape index (κ1) is 16.7. The van der Waals surface area contributed by atoms with Crippen LogP contribution in [0.2, 0.25) is 15.1 Å². The molecule has 108 valence electrons. The maximum absolute atomic E-state index is 11.8. The third kappa shape index (κ3) is 6.56. The Kier molecular flexibility index (Phi) is 6.53. The van der Waals surface area contributed by atoms with Gasteiger partial charge < -0.3 is 10.1 Å². The fourth-order valence-corrected chi connectivity index (χ4v) is 1.86. The van der Waals surface area contributed by atoms with Crippen molar-refractivity contribution in [1.82, 2.24) is 0 Å². The van der Waals surface area contributed by atoms with Crippen LogP contribution in [-0.4, -0.2) is 25.9 Å². The first-order valence-electron chi connectivity index (χ1n) is 5.32. The fraction of sp³-hybridized carbons (Fsp3) is 0.455. The van der Waals surface area contributed by atoms with Crippen molar-refractivity contribution < 1.29 is 17.9 Å². The number of hydrogen-bond acceptors (Lipinski definition) is 2. The van der Waals surface area contributed by atoms with Crippen molar-refractivity contribution in [2.24, 2.45) is 0 Å². The molecule has 8 heteroatoms. The molecule has 0 bridgehead atoms. The van der Waals surface area contributed by atoms with Crippen LogP contribution >= 0.6 is 34.8 Å². The van der Waals surface area contributed by atoms with Gasteiger partial charge in [-0.1, -0.05) is 34.8 Å². The lowest BCUT2D eigenvalue weighted by Crippen LogP contribution is -2.18. The second-order valence-electron chi connectivity index (χ2n) is 3.69. The van der Waals surface area contributed by atoms with Gasteiger partial charge in [-0.25, -0.2) is 0 Å². The van der Waals surface area contributed by atoms with Crippen molar-refractivity contribution in [3.8, 4) is 0 Å². The van der Waals surface area contributed by atoms with Gasteiger partial charge >= 0.3 is 6.18 Å². The molecule has 19 heavy (non-hydrogen) atoms. The highest BCUT2D eigenvalue weighted by Gasteiger charge is 2.27. The lowest BCUT2D eigenvalue weighted by molar-refractivity contribution is -0.173. The summed E-state index contributed by atoms with van der Waals surface area (Å²) in [5, 5.41) is 4.02. The molecule has 0 heterocycles. The monoisotopic (exact) mass is 335 g/mol. The normalized spacial score (nSPS) is 11.7. The topological polar surface area (TPSA) is 21.3 Å². The average molecular weight is 337 g/mol. The Morgan fingerprint density at radius 2 is 1.68 bits per heavy atom. The van der Waals surface area contributed by atoms with Crippen LogP contribution < -0.4 is 5.32 Å². The Labute approximate surface area is 123 Å². The van der Waals surface area contributed by atoms with Crippen LogP contribution in [0.4, 0.5) is 18.9 Å². The molecular weight excluding hydrogens is 325 g/mol. The van der Waals surface area contributed by atoms with Crippen molar-refractivity contribution in [1.29, 1.82) is 0 Å². The lowest BCUT2D eigenvalue weighted by Gasteiger charge is -2.10. The van der Waals surface area contributed by atoms with E-state index < -0.39 is 12.8 Å². The van der Waals surface area contributed by atoms with Crippen molar-refractivity contribution in [2.45, 2.75) is 12.6 Å². The van der Waals surface area contributed by atoms with E-state index in [0.717, 1.165) is 0 Å². The Hall–Kier alpha value is -0.360. The van der Waals surface area contributed by atoms with E-state index in [-0.39, 0.29) is 6.61 Å². The molecule has 0 radical (unpaired) electrons. The number of anilines is 1. The maximum Gasteiger partial charge on any atom is 0.411 e. The molecule has 0 atom stereocenters. The van der Waals surface area contributed by atoms with Gasteiger partial charge in [0, 0.05) is 13.2 Å². The van der Waals surface area contributed by atoms with E-state index in [2.05, 4.69) is 10.1 Å². The molecule has 0 amide bonds. The summed E-state index contributed by atoms with van der Waals surface area (Å²) in [6.45, 7) is -0.818. The van der Waals surface area contributed by atoms with Crippen molar-refractivity contribution in [3.05, 3.63) is 27.2 Å². The summed E-state index contributed by atoms with van der Waals surface area (Å²) >= 11 is 17.5. The minimum absolute atomic E-state index is 0.00541. The van der Waals surface area contributed by atoms with E-state index in [1.807, 2.05) is 0 Å². The summed E-state index contributed by atoms with van der Waals surface area (Å²) in [5.41, 5.74) is 0.576. The quantitative estimate of drug-likeness (QED) is 0.581. The van der Waals surface area contributed by atoms with Gasteiger partial charge in [0.25, 0.3) is 0 Å². The third-order valence-electron chi connectivity index (χ3n) is 2.06. The van der Waals surface area contributed by atoms with Crippen LogP contribution in [0.1, 0.15) is 6.42 Å². The summed E-state index contributed by atoms with van der Waals surface area (Å²) in [6.07, 6.45) is -3.88. The van der Waals surface area contributed by atoms with E-state index in [4.69, 9.17) is 34.8 Å². The van der Waals surface area contributed by atoms with Crippen LogP contribution in [0.15, 0.2) is 12.1 Å². The summed E-state index contributed by atoms with van der Waals surface area (Å²) in [7, 11) is 0. The van der Waals surface area contributed by atoms with Gasteiger partial charge in [-0.3, -0.25) is 0 Å². The highest BCUT2D eigenvalue weighted by atomic mass is 35.5. The minimum Gasteiger partial charge on any atom is -0.384 e. The van der Waals surface area contributed by atoms with E-state index in [0.29, 0.717) is 33.7 Å². The number of alkyl halides is 3. The molecule has 0 aliphatic carbocycles. The molecule has 0 aliphatic rings. The smallest absolute Gasteiger partial charge is 0.384 e. The molecule has 1 aromatic carbocycles. The number of halogens is 6. The van der Waals surface area contributed by atoms with Gasteiger partial charge in [0.1, 0.15) is 6.61 Å². The number of benzene rings is 1. The van der Waals surface area contributed by atoms with Crippen LogP contribution in [0.5, 0.6) is 0 Å². The summed E-state index contributed by atoms with van der Waals surface area (Å²) in [6, 6.07) is 3.05. The molecule has 0 saturated carbocycles. The highest BCUT2D eigenvalue weighted by Crippen LogP contribution is 2.32. The highest BCUT2D eigenvalue weighted by molar-refractivity contribution is 6.44. The van der Waals surface area contributed by atoms with Gasteiger partial charge in [-0.15, -0.1) is 0 Å². The molecule has 0 saturated heterocycles. The average Bonchev–Trinajstić information content (AvgIpc) is 2.28. The number of rotatable bonds is 6. The van der Waals surface area contributed by atoms with Gasteiger partial charge in [0.05, 0.1) is 20.8 Å². The number of hydrogen-bond donors (Lipinski definition) is 1. The maximum atomic E-state index is 11.8. The summed E-state index contributed by atoms with van der Waals surface area (Å²) < 4.78 is 39.8. The third-order valence-corrected chi connectivity index (χ3v) is 3.09. The number of nitrogens with one attached hydrogen (secondary N) is 1. The predicted molar refractivity (Wildman–Crippen MR) is 71.5 cm³/mol. The second-order valence-corrected chi connectivity index (χ2v) is 4.92. The van der Waals surface area contributed by atoms with Gasteiger partial charge in [0.2, 0.25) is 0 Å². The molecule has 1 rings (SSSR count). The van der Waals surface area contributed by atoms with Crippen molar-refractivity contribution in [3.63, 3.8) is 0 Å². The Morgan fingerprint density at radius 3 is 2.32 bits per heavy atom. The SMILES string of the molecule is FC(F)(F)COCCCNc1cc(Cl)c(Cl)cc1Cl. The van der Waals surface area contributed by atoms with Gasteiger partial charge in [-0.2, -0.15) is 13.2 Å². The predicted octanol–water partition coefficient (Wildman–Crippen LogP) is 5.03. The molecule has 0 aliphatic heterocycles. The molecule has 1 N–H and O–H groups in total. The first-order chi connectivity index (χ1) is 8.79.